The number of carbonyl (C=O) groups excluding carboxylic acids is 1. The van der Waals surface area contributed by atoms with E-state index in [4.69, 9.17) is 16.0 Å². The van der Waals surface area contributed by atoms with E-state index in [-0.39, 0.29) is 17.3 Å². The number of carbonyl (C=O) groups is 1. The molecule has 0 spiro atoms. The van der Waals surface area contributed by atoms with Gasteiger partial charge < -0.3 is 4.42 Å². The fourth-order valence-electron chi connectivity index (χ4n) is 0.883. The van der Waals surface area contributed by atoms with Crippen molar-refractivity contribution in [1.82, 2.24) is 4.98 Å². The Labute approximate surface area is 94.0 Å². The number of oxazole rings is 1. The summed E-state index contributed by atoms with van der Waals surface area (Å²) < 4.78 is 5.37. The second kappa shape index (κ2) is 4.23. The van der Waals surface area contributed by atoms with Gasteiger partial charge in [-0.1, -0.05) is 20.8 Å². The first kappa shape index (κ1) is 12.0. The molecule has 0 fully saturated rings. The highest BCUT2D eigenvalue weighted by Gasteiger charge is 2.20. The third kappa shape index (κ3) is 3.23. The summed E-state index contributed by atoms with van der Waals surface area (Å²) in [6, 6.07) is 0.192. The summed E-state index contributed by atoms with van der Waals surface area (Å²) in [7, 11) is 0. The Morgan fingerprint density at radius 3 is 2.60 bits per heavy atom. The Bertz CT molecular complexity index is 353. The third-order valence-corrected chi connectivity index (χ3v) is 2.03. The van der Waals surface area contributed by atoms with Crippen molar-refractivity contribution in [2.24, 2.45) is 0 Å². The Balaban J connectivity index is 2.73. The molecule has 0 saturated heterocycles. The van der Waals surface area contributed by atoms with E-state index in [1.807, 2.05) is 20.8 Å². The van der Waals surface area contributed by atoms with Crippen LogP contribution in [0.2, 0.25) is 0 Å². The zero-order chi connectivity index (χ0) is 11.6. The first-order chi connectivity index (χ1) is 6.80. The largest absolute Gasteiger partial charge is 0.428 e. The highest BCUT2D eigenvalue weighted by Crippen LogP contribution is 2.24. The molecular formula is C10H15ClN2O2. The molecule has 0 aromatic carbocycles. The molecule has 1 aromatic rings. The summed E-state index contributed by atoms with van der Waals surface area (Å²) in [6.45, 7) is 7.60. The monoisotopic (exact) mass is 230 g/mol. The molecule has 0 aliphatic heterocycles. The topological polar surface area (TPSA) is 55.1 Å². The van der Waals surface area contributed by atoms with Gasteiger partial charge in [-0.05, 0) is 6.92 Å². The van der Waals surface area contributed by atoms with Gasteiger partial charge in [-0.15, -0.1) is 11.6 Å². The molecule has 0 radical (unpaired) electrons. The highest BCUT2D eigenvalue weighted by molar-refractivity contribution is 6.32. The molecule has 1 aromatic heterocycles. The molecule has 0 aliphatic rings. The van der Waals surface area contributed by atoms with Crippen molar-refractivity contribution < 1.29 is 9.21 Å². The predicted octanol–water partition coefficient (Wildman–Crippen LogP) is 2.54. The van der Waals surface area contributed by atoms with Crippen molar-refractivity contribution in [2.75, 3.05) is 5.32 Å². The van der Waals surface area contributed by atoms with Crippen molar-refractivity contribution in [3.8, 4) is 0 Å². The van der Waals surface area contributed by atoms with Crippen LogP contribution in [0.3, 0.4) is 0 Å². The number of alkyl halides is 1. The molecule has 1 atom stereocenters. The lowest BCUT2D eigenvalue weighted by Crippen LogP contribution is -2.20. The van der Waals surface area contributed by atoms with Gasteiger partial charge in [0, 0.05) is 5.41 Å². The van der Waals surface area contributed by atoms with Gasteiger partial charge >= 0.3 is 6.01 Å². The number of aromatic nitrogens is 1. The maximum Gasteiger partial charge on any atom is 0.301 e. The summed E-state index contributed by atoms with van der Waals surface area (Å²) in [5.74, 6) is 0.402. The summed E-state index contributed by atoms with van der Waals surface area (Å²) in [6.07, 6.45) is 1.61. The van der Waals surface area contributed by atoms with Crippen molar-refractivity contribution in [3.63, 3.8) is 0 Å². The van der Waals surface area contributed by atoms with Crippen LogP contribution in [-0.4, -0.2) is 16.3 Å². The van der Waals surface area contributed by atoms with E-state index >= 15 is 0 Å². The molecule has 0 aliphatic carbocycles. The lowest BCUT2D eigenvalue weighted by atomic mass is 9.94. The molecule has 0 unspecified atom stereocenters. The molecule has 1 heterocycles. The first-order valence-corrected chi connectivity index (χ1v) is 5.15. The molecule has 1 N–H and O–H groups in total. The van der Waals surface area contributed by atoms with Crippen LogP contribution in [0.25, 0.3) is 0 Å². The fourth-order valence-corrected chi connectivity index (χ4v) is 0.938. The molecule has 1 amide bonds. The van der Waals surface area contributed by atoms with E-state index in [0.29, 0.717) is 0 Å². The predicted molar refractivity (Wildman–Crippen MR) is 59.1 cm³/mol. The molecule has 0 saturated carbocycles. The Morgan fingerprint density at radius 1 is 1.60 bits per heavy atom. The number of anilines is 1. The summed E-state index contributed by atoms with van der Waals surface area (Å²) in [5, 5.41) is 1.88. The lowest BCUT2D eigenvalue weighted by Gasteiger charge is -2.13. The number of hydrogen-bond donors (Lipinski definition) is 1. The van der Waals surface area contributed by atoms with Gasteiger partial charge in [0.05, 0.1) is 6.20 Å². The fraction of sp³-hybridized carbons (Fsp3) is 0.600. The molecule has 0 bridgehead atoms. The van der Waals surface area contributed by atoms with Gasteiger partial charge in [0.1, 0.15) is 11.1 Å². The number of amides is 1. The van der Waals surface area contributed by atoms with Crippen molar-refractivity contribution >= 4 is 23.5 Å². The number of halogens is 1. The van der Waals surface area contributed by atoms with Crippen LogP contribution in [0, 0.1) is 0 Å². The Hall–Kier alpha value is -1.03. The highest BCUT2D eigenvalue weighted by atomic mass is 35.5. The average Bonchev–Trinajstić information content (AvgIpc) is 2.51. The number of nitrogens with zero attached hydrogens (tertiary/aromatic N) is 1. The SMILES string of the molecule is C[C@@H](Cl)C(=O)Nc1ncc(C(C)(C)C)o1. The van der Waals surface area contributed by atoms with Crippen LogP contribution >= 0.6 is 11.6 Å². The van der Waals surface area contributed by atoms with Crippen LogP contribution in [0.4, 0.5) is 6.01 Å². The molecule has 1 rings (SSSR count). The van der Waals surface area contributed by atoms with E-state index in [2.05, 4.69) is 10.3 Å². The van der Waals surface area contributed by atoms with E-state index in [0.717, 1.165) is 5.76 Å². The van der Waals surface area contributed by atoms with E-state index in [1.54, 1.807) is 13.1 Å². The second-order valence-corrected chi connectivity index (χ2v) is 5.04. The lowest BCUT2D eigenvalue weighted by molar-refractivity contribution is -0.115. The quantitative estimate of drug-likeness (QED) is 0.795. The summed E-state index contributed by atoms with van der Waals surface area (Å²) in [5.41, 5.74) is -0.122. The standard InChI is InChI=1S/C10H15ClN2O2/c1-6(11)8(14)13-9-12-5-7(15-9)10(2,3)4/h5-6H,1-4H3,(H,12,13,14)/t6-/m1/s1. The minimum absolute atomic E-state index is 0.122. The smallest absolute Gasteiger partial charge is 0.301 e. The Kier molecular flexibility index (Phi) is 3.39. The number of nitrogens with one attached hydrogen (secondary N) is 1. The van der Waals surface area contributed by atoms with Crippen LogP contribution in [0.5, 0.6) is 0 Å². The zero-order valence-electron chi connectivity index (χ0n) is 9.30. The van der Waals surface area contributed by atoms with Crippen LogP contribution in [0.1, 0.15) is 33.5 Å². The summed E-state index contributed by atoms with van der Waals surface area (Å²) in [4.78, 5) is 15.2. The normalized spacial score (nSPS) is 13.7. The van der Waals surface area contributed by atoms with E-state index in [1.165, 1.54) is 0 Å². The van der Waals surface area contributed by atoms with E-state index < -0.39 is 5.38 Å². The average molecular weight is 231 g/mol. The molecule has 5 heteroatoms. The van der Waals surface area contributed by atoms with Crippen molar-refractivity contribution in [3.05, 3.63) is 12.0 Å². The maximum atomic E-state index is 11.2. The number of rotatable bonds is 2. The minimum atomic E-state index is -0.602. The van der Waals surface area contributed by atoms with Gasteiger partial charge in [-0.2, -0.15) is 0 Å². The van der Waals surface area contributed by atoms with Crippen LogP contribution < -0.4 is 5.32 Å². The zero-order valence-corrected chi connectivity index (χ0v) is 10.1. The van der Waals surface area contributed by atoms with Crippen LogP contribution in [-0.2, 0) is 10.2 Å². The van der Waals surface area contributed by atoms with Crippen molar-refractivity contribution in [2.45, 2.75) is 38.5 Å². The first-order valence-electron chi connectivity index (χ1n) is 4.72. The van der Waals surface area contributed by atoms with Gasteiger partial charge in [-0.3, -0.25) is 10.1 Å². The van der Waals surface area contributed by atoms with Gasteiger partial charge in [0.2, 0.25) is 5.91 Å². The summed E-state index contributed by atoms with van der Waals surface area (Å²) >= 11 is 5.59. The molecule has 84 valence electrons. The van der Waals surface area contributed by atoms with E-state index in [9.17, 15) is 4.79 Å². The molecular weight excluding hydrogens is 216 g/mol. The van der Waals surface area contributed by atoms with Crippen LogP contribution in [0.15, 0.2) is 10.6 Å². The Morgan fingerprint density at radius 2 is 2.20 bits per heavy atom. The third-order valence-electron chi connectivity index (χ3n) is 1.84. The maximum absolute atomic E-state index is 11.2. The van der Waals surface area contributed by atoms with Gasteiger partial charge in [0.25, 0.3) is 0 Å². The van der Waals surface area contributed by atoms with Crippen molar-refractivity contribution in [1.29, 1.82) is 0 Å². The minimum Gasteiger partial charge on any atom is -0.428 e. The van der Waals surface area contributed by atoms with Gasteiger partial charge in [0.15, 0.2) is 0 Å². The number of hydrogen-bond acceptors (Lipinski definition) is 3. The second-order valence-electron chi connectivity index (χ2n) is 4.38. The molecule has 15 heavy (non-hydrogen) atoms. The van der Waals surface area contributed by atoms with Gasteiger partial charge in [-0.25, -0.2) is 4.98 Å². The molecule has 4 nitrogen and oxygen atoms in total.